The Kier molecular flexibility index (Phi) is 4.40. The van der Waals surface area contributed by atoms with Crippen LogP contribution in [0.1, 0.15) is 40.5 Å². The molecule has 3 heterocycles. The van der Waals surface area contributed by atoms with Crippen molar-refractivity contribution in [1.82, 2.24) is 20.1 Å². The number of nitrogens with one attached hydrogen (secondary N) is 1. The number of likely N-dealkylation sites (tertiary alicyclic amines) is 1. The fourth-order valence-corrected chi connectivity index (χ4v) is 3.90. The number of piperidine rings is 1. The zero-order chi connectivity index (χ0) is 17.3. The number of sulfone groups is 1. The third-order valence-corrected chi connectivity index (χ3v) is 5.43. The minimum Gasteiger partial charge on any atom is -0.338 e. The summed E-state index contributed by atoms with van der Waals surface area (Å²) in [6.07, 6.45) is 5.73. The van der Waals surface area contributed by atoms with Gasteiger partial charge in [-0.1, -0.05) is 0 Å². The molecule has 0 saturated carbocycles. The van der Waals surface area contributed by atoms with E-state index in [0.29, 0.717) is 24.3 Å². The lowest BCUT2D eigenvalue weighted by molar-refractivity contribution is 0.0704. The molecule has 1 N–H and O–H groups in total. The van der Waals surface area contributed by atoms with Crippen molar-refractivity contribution >= 4 is 15.7 Å². The summed E-state index contributed by atoms with van der Waals surface area (Å²) in [4.78, 5) is 18.8. The predicted molar refractivity (Wildman–Crippen MR) is 88.6 cm³/mol. The van der Waals surface area contributed by atoms with Gasteiger partial charge in [0, 0.05) is 37.2 Å². The highest BCUT2D eigenvalue weighted by Crippen LogP contribution is 2.30. The molecule has 1 aliphatic heterocycles. The van der Waals surface area contributed by atoms with E-state index in [9.17, 15) is 13.2 Å². The number of hydrogen-bond donors (Lipinski definition) is 1. The third kappa shape index (κ3) is 3.33. The largest absolute Gasteiger partial charge is 0.338 e. The van der Waals surface area contributed by atoms with Crippen LogP contribution in [-0.2, 0) is 9.84 Å². The van der Waals surface area contributed by atoms with Crippen LogP contribution in [0.25, 0.3) is 0 Å². The van der Waals surface area contributed by atoms with Gasteiger partial charge in [-0.15, -0.1) is 0 Å². The number of carbonyl (C=O) groups is 1. The fraction of sp³-hybridized carbons (Fsp3) is 0.438. The van der Waals surface area contributed by atoms with Gasteiger partial charge in [0.1, 0.15) is 4.90 Å². The molecule has 128 valence electrons. The van der Waals surface area contributed by atoms with Crippen LogP contribution in [0.15, 0.2) is 29.4 Å². The smallest absolute Gasteiger partial charge is 0.255 e. The highest BCUT2D eigenvalue weighted by Gasteiger charge is 2.30. The lowest BCUT2D eigenvalue weighted by Crippen LogP contribution is -2.39. The number of aromatic nitrogens is 3. The SMILES string of the molecule is Cc1ccc(C(=O)N2CCCC(c3[nH]ncc3S(C)(=O)=O)C2)cn1. The van der Waals surface area contributed by atoms with Gasteiger partial charge in [0.25, 0.3) is 5.91 Å². The maximum atomic E-state index is 12.6. The molecule has 0 bridgehead atoms. The van der Waals surface area contributed by atoms with Gasteiger partial charge in [-0.25, -0.2) is 8.42 Å². The Morgan fingerprint density at radius 1 is 1.33 bits per heavy atom. The highest BCUT2D eigenvalue weighted by molar-refractivity contribution is 7.90. The number of hydrogen-bond acceptors (Lipinski definition) is 5. The normalized spacial score (nSPS) is 18.6. The van der Waals surface area contributed by atoms with E-state index in [4.69, 9.17) is 0 Å². The summed E-state index contributed by atoms with van der Waals surface area (Å²) < 4.78 is 23.8. The molecule has 0 aliphatic carbocycles. The Morgan fingerprint density at radius 3 is 2.79 bits per heavy atom. The molecular formula is C16H20N4O3S. The summed E-state index contributed by atoms with van der Waals surface area (Å²) in [6.45, 7) is 3.00. The molecule has 7 nitrogen and oxygen atoms in total. The molecule has 1 saturated heterocycles. The van der Waals surface area contributed by atoms with Gasteiger partial charge in [0.2, 0.25) is 0 Å². The summed E-state index contributed by atoms with van der Waals surface area (Å²) in [5, 5.41) is 6.69. The Labute approximate surface area is 141 Å². The van der Waals surface area contributed by atoms with Crippen molar-refractivity contribution in [2.45, 2.75) is 30.6 Å². The van der Waals surface area contributed by atoms with Crippen LogP contribution in [0.4, 0.5) is 0 Å². The molecule has 0 radical (unpaired) electrons. The van der Waals surface area contributed by atoms with E-state index in [-0.39, 0.29) is 16.7 Å². The summed E-state index contributed by atoms with van der Waals surface area (Å²) >= 11 is 0. The molecule has 3 rings (SSSR count). The predicted octanol–water partition coefficient (Wildman–Crippen LogP) is 1.54. The number of aromatic amines is 1. The first-order chi connectivity index (χ1) is 11.4. The second kappa shape index (κ2) is 6.35. The van der Waals surface area contributed by atoms with E-state index in [1.165, 1.54) is 12.5 Å². The molecule has 1 atom stereocenters. The van der Waals surface area contributed by atoms with Crippen LogP contribution in [0.3, 0.4) is 0 Å². The molecule has 24 heavy (non-hydrogen) atoms. The van der Waals surface area contributed by atoms with Crippen molar-refractivity contribution in [2.75, 3.05) is 19.3 Å². The summed E-state index contributed by atoms with van der Waals surface area (Å²) in [5.41, 5.74) is 2.00. The Balaban J connectivity index is 1.81. The second-order valence-electron chi connectivity index (χ2n) is 6.20. The van der Waals surface area contributed by atoms with E-state index in [0.717, 1.165) is 18.5 Å². The maximum Gasteiger partial charge on any atom is 0.255 e. The molecular weight excluding hydrogens is 328 g/mol. The molecule has 1 amide bonds. The summed E-state index contributed by atoms with van der Waals surface area (Å²) in [6, 6.07) is 3.58. The number of aryl methyl sites for hydroxylation is 1. The van der Waals surface area contributed by atoms with Gasteiger partial charge in [-0.05, 0) is 31.9 Å². The van der Waals surface area contributed by atoms with E-state index >= 15 is 0 Å². The van der Waals surface area contributed by atoms with Crippen molar-refractivity contribution in [3.63, 3.8) is 0 Å². The first-order valence-corrected chi connectivity index (χ1v) is 9.70. The Morgan fingerprint density at radius 2 is 2.12 bits per heavy atom. The van der Waals surface area contributed by atoms with Gasteiger partial charge in [-0.3, -0.25) is 14.9 Å². The minimum atomic E-state index is -3.34. The number of rotatable bonds is 3. The van der Waals surface area contributed by atoms with E-state index < -0.39 is 9.84 Å². The van der Waals surface area contributed by atoms with E-state index in [1.54, 1.807) is 17.2 Å². The first-order valence-electron chi connectivity index (χ1n) is 7.81. The van der Waals surface area contributed by atoms with Crippen LogP contribution >= 0.6 is 0 Å². The van der Waals surface area contributed by atoms with Crippen molar-refractivity contribution < 1.29 is 13.2 Å². The summed E-state index contributed by atoms with van der Waals surface area (Å²) in [7, 11) is -3.34. The molecule has 8 heteroatoms. The molecule has 1 aliphatic rings. The average molecular weight is 348 g/mol. The number of amides is 1. The Bertz CT molecular complexity index is 842. The van der Waals surface area contributed by atoms with Crippen molar-refractivity contribution in [3.8, 4) is 0 Å². The zero-order valence-electron chi connectivity index (χ0n) is 13.7. The Hall–Kier alpha value is -2.22. The molecule has 2 aromatic rings. The second-order valence-corrected chi connectivity index (χ2v) is 8.18. The van der Waals surface area contributed by atoms with Gasteiger partial charge < -0.3 is 4.90 Å². The van der Waals surface area contributed by atoms with Crippen LogP contribution in [0, 0.1) is 6.92 Å². The van der Waals surface area contributed by atoms with Gasteiger partial charge in [0.15, 0.2) is 9.84 Å². The lowest BCUT2D eigenvalue weighted by Gasteiger charge is -2.32. The van der Waals surface area contributed by atoms with Gasteiger partial charge >= 0.3 is 0 Å². The molecule has 0 aromatic carbocycles. The minimum absolute atomic E-state index is 0.0617. The molecule has 0 spiro atoms. The van der Waals surface area contributed by atoms with Crippen LogP contribution in [-0.4, -0.2) is 53.8 Å². The molecule has 2 aromatic heterocycles. The fourth-order valence-electron chi connectivity index (χ4n) is 3.05. The van der Waals surface area contributed by atoms with Gasteiger partial charge in [-0.2, -0.15) is 5.10 Å². The number of H-pyrrole nitrogens is 1. The van der Waals surface area contributed by atoms with Crippen LogP contribution < -0.4 is 0 Å². The average Bonchev–Trinajstić information content (AvgIpc) is 3.05. The van der Waals surface area contributed by atoms with E-state index in [2.05, 4.69) is 15.2 Å². The van der Waals surface area contributed by atoms with Crippen molar-refractivity contribution in [3.05, 3.63) is 41.5 Å². The highest BCUT2D eigenvalue weighted by atomic mass is 32.2. The standard InChI is InChI=1S/C16H20N4O3S/c1-11-5-6-12(8-17-11)16(21)20-7-3-4-13(10-20)15-14(9-18-19-15)24(2,22)23/h5-6,8-9,13H,3-4,7,10H2,1-2H3,(H,18,19). The van der Waals surface area contributed by atoms with Crippen molar-refractivity contribution in [2.24, 2.45) is 0 Å². The van der Waals surface area contributed by atoms with Crippen molar-refractivity contribution in [1.29, 1.82) is 0 Å². The summed E-state index contributed by atoms with van der Waals surface area (Å²) in [5.74, 6) is -0.138. The van der Waals surface area contributed by atoms with Crippen LogP contribution in [0.5, 0.6) is 0 Å². The third-order valence-electron chi connectivity index (χ3n) is 4.31. The molecule has 1 unspecified atom stereocenters. The number of nitrogens with zero attached hydrogens (tertiary/aromatic N) is 3. The lowest BCUT2D eigenvalue weighted by atomic mass is 9.94. The van der Waals surface area contributed by atoms with Gasteiger partial charge in [0.05, 0.1) is 17.5 Å². The number of pyridine rings is 1. The maximum absolute atomic E-state index is 12.6. The monoisotopic (exact) mass is 348 g/mol. The quantitative estimate of drug-likeness (QED) is 0.907. The number of carbonyl (C=O) groups excluding carboxylic acids is 1. The topological polar surface area (TPSA) is 96.0 Å². The van der Waals surface area contributed by atoms with Crippen LogP contribution in [0.2, 0.25) is 0 Å². The first kappa shape index (κ1) is 16.6. The molecule has 1 fully saturated rings. The zero-order valence-corrected chi connectivity index (χ0v) is 14.5. The van der Waals surface area contributed by atoms with E-state index in [1.807, 2.05) is 13.0 Å².